The molecule has 0 saturated heterocycles. The van der Waals surface area contributed by atoms with Crippen LogP contribution in [0.25, 0.3) is 0 Å². The van der Waals surface area contributed by atoms with E-state index >= 15 is 0 Å². The molecule has 3 rings (SSSR count). The number of nitrogens with zero attached hydrogens (tertiary/aromatic N) is 1. The minimum absolute atomic E-state index is 0.174. The third-order valence-electron chi connectivity index (χ3n) is 4.34. The van der Waals surface area contributed by atoms with Crippen molar-refractivity contribution in [2.75, 3.05) is 0 Å². The molecule has 0 aliphatic carbocycles. The molecule has 0 fully saturated rings. The Labute approximate surface area is 119 Å². The molecule has 1 aromatic rings. The van der Waals surface area contributed by atoms with E-state index in [1.165, 1.54) is 25.7 Å². The first-order chi connectivity index (χ1) is 9.74. The lowest BCUT2D eigenvalue weighted by atomic mass is 10.0. The minimum Gasteiger partial charge on any atom is -0.494 e. The molecule has 0 aromatic carbocycles. The van der Waals surface area contributed by atoms with Crippen molar-refractivity contribution >= 4 is 0 Å². The van der Waals surface area contributed by atoms with Gasteiger partial charge in [0.25, 0.3) is 0 Å². The van der Waals surface area contributed by atoms with Gasteiger partial charge in [-0.3, -0.25) is 4.57 Å². The molecular formula is C16H23NO3. The fraction of sp³-hybridized carbons (Fsp3) is 0.625. The van der Waals surface area contributed by atoms with Gasteiger partial charge in [0.2, 0.25) is 11.8 Å². The Bertz CT molecular complexity index is 483. The van der Waals surface area contributed by atoms with Crippen LogP contribution in [0.5, 0.6) is 11.8 Å². The number of ether oxygens (including phenoxy) is 1. The largest absolute Gasteiger partial charge is 0.494 e. The van der Waals surface area contributed by atoms with Gasteiger partial charge < -0.3 is 14.9 Å². The predicted molar refractivity (Wildman–Crippen MR) is 76.8 cm³/mol. The van der Waals surface area contributed by atoms with Crippen LogP contribution in [0, 0.1) is 0 Å². The fourth-order valence-corrected chi connectivity index (χ4v) is 3.23. The van der Waals surface area contributed by atoms with Crippen molar-refractivity contribution in [3.63, 3.8) is 0 Å². The van der Waals surface area contributed by atoms with E-state index in [9.17, 15) is 10.2 Å². The highest BCUT2D eigenvalue weighted by Crippen LogP contribution is 2.54. The zero-order valence-corrected chi connectivity index (χ0v) is 12.0. The first-order valence-electron chi connectivity index (χ1n) is 7.72. The van der Waals surface area contributed by atoms with Crippen molar-refractivity contribution in [2.45, 2.75) is 64.2 Å². The molecule has 2 N–H and O–H groups in total. The average molecular weight is 277 g/mol. The van der Waals surface area contributed by atoms with Gasteiger partial charge in [0, 0.05) is 6.54 Å². The van der Waals surface area contributed by atoms with Gasteiger partial charge in [-0.15, -0.1) is 0 Å². The molecule has 0 radical (unpaired) electrons. The van der Waals surface area contributed by atoms with Crippen molar-refractivity contribution in [3.05, 3.63) is 23.3 Å². The summed E-state index contributed by atoms with van der Waals surface area (Å²) in [4.78, 5) is 0. The summed E-state index contributed by atoms with van der Waals surface area (Å²) in [6.45, 7) is 2.89. The standard InChI is InChI=1S/C16H23NO3/c1-2-3-4-5-6-7-10-17-15(18)13-11-8-9-12(20-11)14(13)16(17)19/h8-9,11-12,18-19H,2-7,10H2,1H3. The summed E-state index contributed by atoms with van der Waals surface area (Å²) < 4.78 is 7.26. The third kappa shape index (κ3) is 2.12. The van der Waals surface area contributed by atoms with Crippen LogP contribution in [0.3, 0.4) is 0 Å². The highest BCUT2D eigenvalue weighted by Gasteiger charge is 2.41. The normalized spacial score (nSPS) is 22.6. The van der Waals surface area contributed by atoms with Crippen molar-refractivity contribution in [1.82, 2.24) is 4.57 Å². The zero-order valence-electron chi connectivity index (χ0n) is 12.0. The molecule has 0 spiro atoms. The van der Waals surface area contributed by atoms with E-state index in [1.807, 2.05) is 12.2 Å². The van der Waals surface area contributed by atoms with Gasteiger partial charge in [-0.25, -0.2) is 0 Å². The molecule has 20 heavy (non-hydrogen) atoms. The van der Waals surface area contributed by atoms with Gasteiger partial charge in [0.1, 0.15) is 12.2 Å². The van der Waals surface area contributed by atoms with Crippen LogP contribution < -0.4 is 0 Å². The van der Waals surface area contributed by atoms with Crippen LogP contribution in [-0.2, 0) is 11.3 Å². The summed E-state index contributed by atoms with van der Waals surface area (Å²) in [5.74, 6) is 0.366. The van der Waals surface area contributed by atoms with E-state index in [0.29, 0.717) is 6.54 Å². The van der Waals surface area contributed by atoms with Crippen LogP contribution in [0.2, 0.25) is 0 Å². The summed E-state index contributed by atoms with van der Waals surface area (Å²) in [5, 5.41) is 20.6. The van der Waals surface area contributed by atoms with E-state index in [4.69, 9.17) is 4.74 Å². The molecule has 3 heterocycles. The molecule has 2 aliphatic rings. The van der Waals surface area contributed by atoms with E-state index in [-0.39, 0.29) is 24.0 Å². The Kier molecular flexibility index (Phi) is 3.74. The van der Waals surface area contributed by atoms with Crippen molar-refractivity contribution in [3.8, 4) is 11.8 Å². The first-order valence-corrected chi connectivity index (χ1v) is 7.72. The van der Waals surface area contributed by atoms with Gasteiger partial charge in [-0.05, 0) is 6.42 Å². The van der Waals surface area contributed by atoms with Crippen LogP contribution in [0.4, 0.5) is 0 Å². The lowest BCUT2D eigenvalue weighted by molar-refractivity contribution is 0.0837. The molecule has 2 bridgehead atoms. The highest BCUT2D eigenvalue weighted by molar-refractivity contribution is 5.55. The van der Waals surface area contributed by atoms with E-state index in [1.54, 1.807) is 4.57 Å². The van der Waals surface area contributed by atoms with Crippen molar-refractivity contribution < 1.29 is 14.9 Å². The molecular weight excluding hydrogens is 254 g/mol. The summed E-state index contributed by atoms with van der Waals surface area (Å²) in [7, 11) is 0. The van der Waals surface area contributed by atoms with Gasteiger partial charge in [0.05, 0.1) is 11.1 Å². The Balaban J connectivity index is 1.61. The predicted octanol–water partition coefficient (Wildman–Crippen LogP) is 3.94. The van der Waals surface area contributed by atoms with Gasteiger partial charge in [0.15, 0.2) is 0 Å². The monoisotopic (exact) mass is 277 g/mol. The summed E-state index contributed by atoms with van der Waals surface area (Å²) >= 11 is 0. The average Bonchev–Trinajstić information content (AvgIpc) is 3.11. The van der Waals surface area contributed by atoms with Crippen molar-refractivity contribution in [1.29, 1.82) is 0 Å². The lowest BCUT2D eigenvalue weighted by Crippen LogP contribution is -1.99. The molecule has 110 valence electrons. The maximum Gasteiger partial charge on any atom is 0.200 e. The molecule has 1 aromatic heterocycles. The number of fused-ring (bicyclic) bond motifs is 5. The van der Waals surface area contributed by atoms with Crippen LogP contribution in [0.1, 0.15) is 68.8 Å². The van der Waals surface area contributed by atoms with Gasteiger partial charge >= 0.3 is 0 Å². The van der Waals surface area contributed by atoms with Crippen LogP contribution in [0.15, 0.2) is 12.2 Å². The number of aromatic nitrogens is 1. The number of hydrogen-bond acceptors (Lipinski definition) is 3. The number of aromatic hydroxyl groups is 2. The quantitative estimate of drug-likeness (QED) is 0.586. The Morgan fingerprint density at radius 1 is 0.950 bits per heavy atom. The topological polar surface area (TPSA) is 54.6 Å². The van der Waals surface area contributed by atoms with E-state index in [0.717, 1.165) is 24.0 Å². The fourth-order valence-electron chi connectivity index (χ4n) is 3.23. The number of hydrogen-bond donors (Lipinski definition) is 2. The minimum atomic E-state index is -0.174. The molecule has 0 amide bonds. The maximum atomic E-state index is 10.3. The Morgan fingerprint density at radius 2 is 1.50 bits per heavy atom. The zero-order chi connectivity index (χ0) is 14.1. The second-order valence-electron chi connectivity index (χ2n) is 5.76. The molecule has 4 nitrogen and oxygen atoms in total. The Hall–Kier alpha value is -1.42. The number of rotatable bonds is 7. The summed E-state index contributed by atoms with van der Waals surface area (Å²) in [5.41, 5.74) is 1.53. The molecule has 4 heteroatoms. The Morgan fingerprint density at radius 3 is 2.10 bits per heavy atom. The second kappa shape index (κ2) is 5.52. The highest BCUT2D eigenvalue weighted by atomic mass is 16.5. The molecule has 0 saturated carbocycles. The van der Waals surface area contributed by atoms with Gasteiger partial charge in [-0.1, -0.05) is 51.2 Å². The second-order valence-corrected chi connectivity index (χ2v) is 5.76. The molecule has 2 atom stereocenters. The number of unbranched alkanes of at least 4 members (excludes halogenated alkanes) is 5. The van der Waals surface area contributed by atoms with Gasteiger partial charge in [-0.2, -0.15) is 0 Å². The van der Waals surface area contributed by atoms with E-state index < -0.39 is 0 Å². The van der Waals surface area contributed by atoms with Crippen LogP contribution >= 0.6 is 0 Å². The molecule has 2 aliphatic heterocycles. The third-order valence-corrected chi connectivity index (χ3v) is 4.34. The molecule has 2 unspecified atom stereocenters. The van der Waals surface area contributed by atoms with E-state index in [2.05, 4.69) is 6.92 Å². The summed E-state index contributed by atoms with van der Waals surface area (Å²) in [6, 6.07) is 0. The van der Waals surface area contributed by atoms with Crippen molar-refractivity contribution in [2.24, 2.45) is 0 Å². The maximum absolute atomic E-state index is 10.3. The lowest BCUT2D eigenvalue weighted by Gasteiger charge is -2.10. The summed E-state index contributed by atoms with van der Waals surface area (Å²) in [6.07, 6.45) is 10.7. The first kappa shape index (κ1) is 13.6. The smallest absolute Gasteiger partial charge is 0.200 e. The SMILES string of the molecule is CCCCCCCCn1c(O)c2c(c1O)C1C=CC2O1. The van der Waals surface area contributed by atoms with Crippen LogP contribution in [-0.4, -0.2) is 14.8 Å².